The molecule has 0 aliphatic carbocycles. The molecule has 0 saturated heterocycles. The van der Waals surface area contributed by atoms with Gasteiger partial charge in [0.25, 0.3) is 0 Å². The standard InChI is InChI=1S/C17H15NO2S/c1-18-14-10-6-5-9-13(14)17(15(18)11-16(19)20)21-12-7-3-2-4-8-12/h2-10H,11H2,1H3,(H,19,20). The third kappa shape index (κ3) is 2.67. The highest BCUT2D eigenvalue weighted by molar-refractivity contribution is 7.99. The fourth-order valence-corrected chi connectivity index (χ4v) is 3.61. The number of fused-ring (bicyclic) bond motifs is 1. The zero-order valence-electron chi connectivity index (χ0n) is 11.6. The summed E-state index contributed by atoms with van der Waals surface area (Å²) in [6, 6.07) is 18.1. The molecular weight excluding hydrogens is 282 g/mol. The van der Waals surface area contributed by atoms with E-state index >= 15 is 0 Å². The van der Waals surface area contributed by atoms with E-state index in [2.05, 4.69) is 0 Å². The Balaban J connectivity index is 2.16. The molecule has 0 unspecified atom stereocenters. The molecule has 0 bridgehead atoms. The molecule has 2 aromatic carbocycles. The van der Waals surface area contributed by atoms with E-state index in [9.17, 15) is 9.90 Å². The fraction of sp³-hybridized carbons (Fsp3) is 0.118. The Morgan fingerprint density at radius 2 is 1.76 bits per heavy atom. The van der Waals surface area contributed by atoms with Gasteiger partial charge >= 0.3 is 5.97 Å². The largest absolute Gasteiger partial charge is 0.481 e. The van der Waals surface area contributed by atoms with Crippen LogP contribution < -0.4 is 0 Å². The van der Waals surface area contributed by atoms with Crippen LogP contribution in [0, 0.1) is 0 Å². The van der Waals surface area contributed by atoms with Crippen molar-refractivity contribution in [1.82, 2.24) is 4.57 Å². The number of carbonyl (C=O) groups is 1. The quantitative estimate of drug-likeness (QED) is 0.792. The van der Waals surface area contributed by atoms with E-state index in [-0.39, 0.29) is 6.42 Å². The van der Waals surface area contributed by atoms with E-state index in [1.54, 1.807) is 11.8 Å². The summed E-state index contributed by atoms with van der Waals surface area (Å²) >= 11 is 1.62. The van der Waals surface area contributed by atoms with E-state index in [0.717, 1.165) is 26.4 Å². The summed E-state index contributed by atoms with van der Waals surface area (Å²) in [4.78, 5) is 13.3. The third-order valence-corrected chi connectivity index (χ3v) is 4.63. The van der Waals surface area contributed by atoms with Gasteiger partial charge in [0.15, 0.2) is 0 Å². The molecule has 0 atom stereocenters. The van der Waals surface area contributed by atoms with Crippen molar-refractivity contribution in [3.63, 3.8) is 0 Å². The van der Waals surface area contributed by atoms with Gasteiger partial charge < -0.3 is 9.67 Å². The van der Waals surface area contributed by atoms with Gasteiger partial charge in [0.1, 0.15) is 0 Å². The second kappa shape index (κ2) is 5.66. The van der Waals surface area contributed by atoms with Gasteiger partial charge in [-0.1, -0.05) is 48.2 Å². The normalized spacial score (nSPS) is 10.9. The lowest BCUT2D eigenvalue weighted by Gasteiger charge is -2.05. The minimum Gasteiger partial charge on any atom is -0.481 e. The van der Waals surface area contributed by atoms with Gasteiger partial charge in [-0.05, 0) is 18.2 Å². The number of para-hydroxylation sites is 1. The molecular formula is C17H15NO2S. The van der Waals surface area contributed by atoms with Gasteiger partial charge in [-0.25, -0.2) is 0 Å². The predicted octanol–water partition coefficient (Wildman–Crippen LogP) is 3.96. The monoisotopic (exact) mass is 297 g/mol. The van der Waals surface area contributed by atoms with Gasteiger partial charge in [0.2, 0.25) is 0 Å². The lowest BCUT2D eigenvalue weighted by molar-refractivity contribution is -0.136. The van der Waals surface area contributed by atoms with Crippen LogP contribution in [-0.2, 0) is 18.3 Å². The highest BCUT2D eigenvalue weighted by Gasteiger charge is 2.17. The summed E-state index contributed by atoms with van der Waals surface area (Å²) in [6.07, 6.45) is 0.0281. The predicted molar refractivity (Wildman–Crippen MR) is 84.8 cm³/mol. The maximum absolute atomic E-state index is 11.2. The molecule has 0 fully saturated rings. The van der Waals surface area contributed by atoms with Crippen molar-refractivity contribution in [2.24, 2.45) is 7.05 Å². The highest BCUT2D eigenvalue weighted by Crippen LogP contribution is 2.38. The third-order valence-electron chi connectivity index (χ3n) is 3.46. The first-order chi connectivity index (χ1) is 10.2. The Bertz CT molecular complexity index is 793. The number of nitrogens with zero attached hydrogens (tertiary/aromatic N) is 1. The number of aliphatic carboxylic acids is 1. The smallest absolute Gasteiger partial charge is 0.309 e. The van der Waals surface area contributed by atoms with Gasteiger partial charge in [-0.2, -0.15) is 0 Å². The summed E-state index contributed by atoms with van der Waals surface area (Å²) in [5, 5.41) is 10.3. The average molecular weight is 297 g/mol. The molecule has 1 aromatic heterocycles. The van der Waals surface area contributed by atoms with E-state index in [0.29, 0.717) is 0 Å². The van der Waals surface area contributed by atoms with Crippen LogP contribution in [0.25, 0.3) is 10.9 Å². The van der Waals surface area contributed by atoms with Gasteiger partial charge in [-0.3, -0.25) is 4.79 Å². The first kappa shape index (κ1) is 13.8. The number of hydrogen-bond acceptors (Lipinski definition) is 2. The first-order valence-corrected chi connectivity index (χ1v) is 7.49. The van der Waals surface area contributed by atoms with Crippen molar-refractivity contribution in [1.29, 1.82) is 0 Å². The van der Waals surface area contributed by atoms with Crippen molar-refractivity contribution in [3.8, 4) is 0 Å². The Hall–Kier alpha value is -2.20. The second-order valence-corrected chi connectivity index (χ2v) is 5.92. The molecule has 3 aromatic rings. The second-order valence-electron chi connectivity index (χ2n) is 4.84. The molecule has 0 spiro atoms. The Kier molecular flexibility index (Phi) is 3.71. The van der Waals surface area contributed by atoms with Gasteiger partial charge in [0, 0.05) is 33.4 Å². The van der Waals surface area contributed by atoms with Crippen LogP contribution in [0.1, 0.15) is 5.69 Å². The fourth-order valence-electron chi connectivity index (χ4n) is 2.47. The lowest BCUT2D eigenvalue weighted by Crippen LogP contribution is -2.06. The highest BCUT2D eigenvalue weighted by atomic mass is 32.2. The van der Waals surface area contributed by atoms with Crippen molar-refractivity contribution in [2.75, 3.05) is 0 Å². The van der Waals surface area contributed by atoms with Crippen molar-refractivity contribution >= 4 is 28.6 Å². The van der Waals surface area contributed by atoms with Crippen LogP contribution >= 0.6 is 11.8 Å². The van der Waals surface area contributed by atoms with Crippen LogP contribution in [0.15, 0.2) is 64.4 Å². The minimum absolute atomic E-state index is 0.0281. The number of carboxylic acid groups (broad SMARTS) is 1. The number of aryl methyl sites for hydroxylation is 1. The summed E-state index contributed by atoms with van der Waals surface area (Å²) in [5.41, 5.74) is 1.91. The van der Waals surface area contributed by atoms with E-state index in [1.165, 1.54) is 0 Å². The van der Waals surface area contributed by atoms with Gasteiger partial charge in [-0.15, -0.1) is 0 Å². The Morgan fingerprint density at radius 3 is 2.48 bits per heavy atom. The van der Waals surface area contributed by atoms with Crippen molar-refractivity contribution in [2.45, 2.75) is 16.2 Å². The number of carboxylic acids is 1. The molecule has 3 rings (SSSR count). The molecule has 0 radical (unpaired) electrons. The topological polar surface area (TPSA) is 42.2 Å². The number of hydrogen-bond donors (Lipinski definition) is 1. The maximum atomic E-state index is 11.2. The molecule has 21 heavy (non-hydrogen) atoms. The first-order valence-electron chi connectivity index (χ1n) is 6.68. The Labute approximate surface area is 127 Å². The van der Waals surface area contributed by atoms with Crippen LogP contribution in [0.5, 0.6) is 0 Å². The summed E-state index contributed by atoms with van der Waals surface area (Å²) in [6.45, 7) is 0. The average Bonchev–Trinajstić information content (AvgIpc) is 2.74. The SMILES string of the molecule is Cn1c(CC(=O)O)c(Sc2ccccc2)c2ccccc21. The maximum Gasteiger partial charge on any atom is 0.309 e. The molecule has 0 aliphatic rings. The minimum atomic E-state index is -0.809. The summed E-state index contributed by atoms with van der Waals surface area (Å²) in [7, 11) is 1.93. The zero-order chi connectivity index (χ0) is 14.8. The molecule has 4 heteroatoms. The van der Waals surface area contributed by atoms with Crippen molar-refractivity contribution < 1.29 is 9.90 Å². The molecule has 0 amide bonds. The summed E-state index contributed by atoms with van der Waals surface area (Å²) in [5.74, 6) is -0.809. The van der Waals surface area contributed by atoms with E-state index < -0.39 is 5.97 Å². The molecule has 3 nitrogen and oxygen atoms in total. The van der Waals surface area contributed by atoms with Crippen LogP contribution in [0.4, 0.5) is 0 Å². The molecule has 106 valence electrons. The van der Waals surface area contributed by atoms with Crippen LogP contribution in [-0.4, -0.2) is 15.6 Å². The van der Waals surface area contributed by atoms with Crippen LogP contribution in [0.3, 0.4) is 0 Å². The lowest BCUT2D eigenvalue weighted by atomic mass is 10.2. The molecule has 0 saturated carbocycles. The number of rotatable bonds is 4. The van der Waals surface area contributed by atoms with Crippen LogP contribution in [0.2, 0.25) is 0 Å². The van der Waals surface area contributed by atoms with Gasteiger partial charge in [0.05, 0.1) is 6.42 Å². The van der Waals surface area contributed by atoms with E-state index in [4.69, 9.17) is 0 Å². The van der Waals surface area contributed by atoms with Crippen molar-refractivity contribution in [3.05, 3.63) is 60.3 Å². The number of benzene rings is 2. The molecule has 1 N–H and O–H groups in total. The summed E-state index contributed by atoms with van der Waals surface area (Å²) < 4.78 is 1.98. The number of aromatic nitrogens is 1. The zero-order valence-corrected chi connectivity index (χ0v) is 12.4. The van der Waals surface area contributed by atoms with E-state index in [1.807, 2.05) is 66.2 Å². The molecule has 0 aliphatic heterocycles. The molecule has 1 heterocycles. The Morgan fingerprint density at radius 1 is 1.10 bits per heavy atom.